The van der Waals surface area contributed by atoms with E-state index in [0.717, 1.165) is 5.56 Å². The first-order chi connectivity index (χ1) is 8.69. The number of carbonyl (C=O) groups excluding carboxylic acids is 1. The third-order valence-electron chi connectivity index (χ3n) is 2.32. The Balaban J connectivity index is 2.49. The summed E-state index contributed by atoms with van der Waals surface area (Å²) in [5.74, 6) is 1.38. The third-order valence-corrected chi connectivity index (χ3v) is 2.32. The fourth-order valence-corrected chi connectivity index (χ4v) is 1.54. The second kappa shape index (κ2) is 7.39. The molecule has 0 fully saturated rings. The summed E-state index contributed by atoms with van der Waals surface area (Å²) in [5, 5.41) is 3.11. The molecule has 0 aliphatic heterocycles. The molecule has 6 nitrogen and oxygen atoms in total. The quantitative estimate of drug-likeness (QED) is 0.706. The molecule has 0 radical (unpaired) electrons. The summed E-state index contributed by atoms with van der Waals surface area (Å²) in [7, 11) is 3.19. The summed E-state index contributed by atoms with van der Waals surface area (Å²) >= 11 is 0. The fourth-order valence-electron chi connectivity index (χ4n) is 1.54. The molecule has 1 rings (SSSR count). The minimum atomic E-state index is -0.768. The van der Waals surface area contributed by atoms with Crippen molar-refractivity contribution in [2.75, 3.05) is 27.4 Å². The Morgan fingerprint density at radius 1 is 1.33 bits per heavy atom. The molecule has 6 heteroatoms. The van der Waals surface area contributed by atoms with E-state index in [0.29, 0.717) is 24.6 Å². The van der Waals surface area contributed by atoms with Crippen molar-refractivity contribution in [3.8, 4) is 11.5 Å². The summed E-state index contributed by atoms with van der Waals surface area (Å²) < 4.78 is 15.1. The molecule has 0 aliphatic rings. The monoisotopic (exact) mass is 254 g/mol. The molecule has 0 aromatic heterocycles. The van der Waals surface area contributed by atoms with Crippen molar-refractivity contribution in [2.24, 2.45) is 5.73 Å². The number of carbonyl (C=O) groups is 1. The molecular formula is C12H18N2O4. The van der Waals surface area contributed by atoms with Gasteiger partial charge < -0.3 is 25.3 Å². The molecule has 1 aromatic rings. The van der Waals surface area contributed by atoms with Gasteiger partial charge in [-0.2, -0.15) is 0 Å². The Bertz CT molecular complexity index is 396. The van der Waals surface area contributed by atoms with Crippen LogP contribution < -0.4 is 20.5 Å². The van der Waals surface area contributed by atoms with Crippen molar-refractivity contribution >= 4 is 6.09 Å². The van der Waals surface area contributed by atoms with Gasteiger partial charge in [0.05, 0.1) is 14.2 Å². The summed E-state index contributed by atoms with van der Waals surface area (Å²) in [6.45, 7) is 1.34. The van der Waals surface area contributed by atoms with Gasteiger partial charge in [-0.05, 0) is 6.07 Å². The van der Waals surface area contributed by atoms with Crippen LogP contribution >= 0.6 is 0 Å². The number of amides is 1. The highest BCUT2D eigenvalue weighted by atomic mass is 16.5. The molecule has 0 spiro atoms. The standard InChI is InChI=1S/C12H18N2O4/c1-16-10-5-3-4-9(11(10)17-2)8-14-6-7-18-12(13)15/h3-5,14H,6-8H2,1-2H3,(H2,13,15). The van der Waals surface area contributed by atoms with E-state index in [9.17, 15) is 4.79 Å². The van der Waals surface area contributed by atoms with Crippen LogP contribution in [-0.2, 0) is 11.3 Å². The van der Waals surface area contributed by atoms with Gasteiger partial charge in [-0.15, -0.1) is 0 Å². The maximum atomic E-state index is 10.4. The van der Waals surface area contributed by atoms with Crippen LogP contribution in [0.1, 0.15) is 5.56 Å². The summed E-state index contributed by atoms with van der Waals surface area (Å²) in [5.41, 5.74) is 5.81. The van der Waals surface area contributed by atoms with Crippen molar-refractivity contribution in [1.29, 1.82) is 0 Å². The molecule has 0 bridgehead atoms. The molecule has 3 N–H and O–H groups in total. The lowest BCUT2D eigenvalue weighted by Gasteiger charge is -2.13. The predicted octanol–water partition coefficient (Wildman–Crippen LogP) is 0.889. The van der Waals surface area contributed by atoms with Gasteiger partial charge in [0.1, 0.15) is 6.61 Å². The molecule has 0 saturated carbocycles. The van der Waals surface area contributed by atoms with E-state index in [1.165, 1.54) is 0 Å². The van der Waals surface area contributed by atoms with Gasteiger partial charge in [-0.3, -0.25) is 0 Å². The molecular weight excluding hydrogens is 236 g/mol. The van der Waals surface area contributed by atoms with Crippen molar-refractivity contribution in [2.45, 2.75) is 6.54 Å². The number of rotatable bonds is 7. The van der Waals surface area contributed by atoms with Gasteiger partial charge in [0, 0.05) is 18.7 Å². The van der Waals surface area contributed by atoms with Crippen molar-refractivity contribution in [1.82, 2.24) is 5.32 Å². The Morgan fingerprint density at radius 3 is 2.72 bits per heavy atom. The zero-order valence-electron chi connectivity index (χ0n) is 10.6. The number of para-hydroxylation sites is 1. The second-order valence-electron chi connectivity index (χ2n) is 3.50. The molecule has 1 amide bonds. The lowest BCUT2D eigenvalue weighted by atomic mass is 10.2. The number of nitrogens with one attached hydrogen (secondary N) is 1. The highest BCUT2D eigenvalue weighted by Crippen LogP contribution is 2.30. The lowest BCUT2D eigenvalue weighted by Crippen LogP contribution is -2.23. The van der Waals surface area contributed by atoms with Crippen molar-refractivity contribution < 1.29 is 19.0 Å². The number of benzene rings is 1. The average Bonchev–Trinajstić information content (AvgIpc) is 2.37. The lowest BCUT2D eigenvalue weighted by molar-refractivity contribution is 0.157. The van der Waals surface area contributed by atoms with E-state index >= 15 is 0 Å². The van der Waals surface area contributed by atoms with Gasteiger partial charge in [-0.1, -0.05) is 12.1 Å². The first-order valence-corrected chi connectivity index (χ1v) is 5.52. The average molecular weight is 254 g/mol. The topological polar surface area (TPSA) is 82.8 Å². The second-order valence-corrected chi connectivity index (χ2v) is 3.50. The first-order valence-electron chi connectivity index (χ1n) is 5.52. The van der Waals surface area contributed by atoms with Crippen molar-refractivity contribution in [3.05, 3.63) is 23.8 Å². The first kappa shape index (κ1) is 14.1. The fraction of sp³-hybridized carbons (Fsp3) is 0.417. The molecule has 0 saturated heterocycles. The Labute approximate surface area is 106 Å². The Kier molecular flexibility index (Phi) is 5.79. The molecule has 0 aliphatic carbocycles. The number of nitrogens with two attached hydrogens (primary N) is 1. The number of hydrogen-bond donors (Lipinski definition) is 2. The maximum Gasteiger partial charge on any atom is 0.404 e. The summed E-state index contributed by atoms with van der Waals surface area (Å²) in [6, 6.07) is 5.65. The SMILES string of the molecule is COc1cccc(CNCCOC(N)=O)c1OC. The normalized spacial score (nSPS) is 9.89. The van der Waals surface area contributed by atoms with Gasteiger partial charge in [-0.25, -0.2) is 4.79 Å². The zero-order valence-corrected chi connectivity index (χ0v) is 10.6. The number of methoxy groups -OCH3 is 2. The Hall–Kier alpha value is -1.95. The highest BCUT2D eigenvalue weighted by Gasteiger charge is 2.08. The van der Waals surface area contributed by atoms with Crippen LogP contribution in [-0.4, -0.2) is 33.5 Å². The zero-order chi connectivity index (χ0) is 13.4. The minimum absolute atomic E-state index is 0.238. The highest BCUT2D eigenvalue weighted by molar-refractivity contribution is 5.64. The molecule has 100 valence electrons. The van der Waals surface area contributed by atoms with Gasteiger partial charge in [0.15, 0.2) is 11.5 Å². The van der Waals surface area contributed by atoms with Gasteiger partial charge in [0.25, 0.3) is 0 Å². The van der Waals surface area contributed by atoms with Crippen LogP contribution in [0, 0.1) is 0 Å². The van der Waals surface area contributed by atoms with Crippen molar-refractivity contribution in [3.63, 3.8) is 0 Å². The van der Waals surface area contributed by atoms with Crippen LogP contribution in [0.4, 0.5) is 4.79 Å². The van der Waals surface area contributed by atoms with E-state index in [1.54, 1.807) is 14.2 Å². The molecule has 0 unspecified atom stereocenters. The maximum absolute atomic E-state index is 10.4. The van der Waals surface area contributed by atoms with E-state index in [-0.39, 0.29) is 6.61 Å². The van der Waals surface area contributed by atoms with Crippen LogP contribution in [0.25, 0.3) is 0 Å². The van der Waals surface area contributed by atoms with Crippen LogP contribution in [0.3, 0.4) is 0 Å². The van der Waals surface area contributed by atoms with E-state index in [4.69, 9.17) is 15.2 Å². The Morgan fingerprint density at radius 2 is 2.11 bits per heavy atom. The minimum Gasteiger partial charge on any atom is -0.493 e. The number of primary amides is 1. The number of hydrogen-bond acceptors (Lipinski definition) is 5. The largest absolute Gasteiger partial charge is 0.493 e. The van der Waals surface area contributed by atoms with Gasteiger partial charge >= 0.3 is 6.09 Å². The molecule has 0 heterocycles. The molecule has 1 aromatic carbocycles. The third kappa shape index (κ3) is 4.14. The summed E-state index contributed by atoms with van der Waals surface area (Å²) in [6.07, 6.45) is -0.768. The van der Waals surface area contributed by atoms with Crippen LogP contribution in [0.2, 0.25) is 0 Å². The molecule has 18 heavy (non-hydrogen) atoms. The predicted molar refractivity (Wildman–Crippen MR) is 66.8 cm³/mol. The summed E-state index contributed by atoms with van der Waals surface area (Å²) in [4.78, 5) is 10.4. The van der Waals surface area contributed by atoms with E-state index in [1.807, 2.05) is 18.2 Å². The number of ether oxygens (including phenoxy) is 3. The van der Waals surface area contributed by atoms with E-state index < -0.39 is 6.09 Å². The molecule has 0 atom stereocenters. The van der Waals surface area contributed by atoms with E-state index in [2.05, 4.69) is 10.1 Å². The van der Waals surface area contributed by atoms with Crippen LogP contribution in [0.5, 0.6) is 11.5 Å². The van der Waals surface area contributed by atoms with Gasteiger partial charge in [0.2, 0.25) is 0 Å². The van der Waals surface area contributed by atoms with Crippen LogP contribution in [0.15, 0.2) is 18.2 Å². The smallest absolute Gasteiger partial charge is 0.404 e.